The van der Waals surface area contributed by atoms with Gasteiger partial charge in [0, 0.05) is 11.4 Å². The van der Waals surface area contributed by atoms with Gasteiger partial charge in [-0.2, -0.15) is 0 Å². The lowest BCUT2D eigenvalue weighted by Gasteiger charge is -2.15. The summed E-state index contributed by atoms with van der Waals surface area (Å²) < 4.78 is 0. The van der Waals surface area contributed by atoms with Crippen LogP contribution in [0.15, 0.2) is 48.6 Å². The van der Waals surface area contributed by atoms with Gasteiger partial charge < -0.3 is 11.1 Å². The topological polar surface area (TPSA) is 55.1 Å². The van der Waals surface area contributed by atoms with Gasteiger partial charge in [-0.05, 0) is 30.3 Å². The average Bonchev–Trinajstić information content (AvgIpc) is 2.25. The molecule has 3 nitrogen and oxygen atoms in total. The Morgan fingerprint density at radius 3 is 2.53 bits per heavy atom. The van der Waals surface area contributed by atoms with Gasteiger partial charge in [-0.25, -0.2) is 0 Å². The highest BCUT2D eigenvalue weighted by Crippen LogP contribution is 2.13. The maximum Gasteiger partial charge on any atom is 0.181 e. The normalized spacial score (nSPS) is 19.2. The lowest BCUT2D eigenvalue weighted by molar-refractivity contribution is -0.114. The van der Waals surface area contributed by atoms with Crippen molar-refractivity contribution >= 4 is 17.2 Å². The van der Waals surface area contributed by atoms with Crippen LogP contribution in [0.25, 0.3) is 0 Å². The molecule has 1 aromatic carbocycles. The molecule has 0 aliphatic heterocycles. The first-order chi connectivity index (χ1) is 7.25. The molecule has 0 bridgehead atoms. The number of anilines is 2. The molecule has 0 radical (unpaired) electrons. The molecule has 1 aromatic rings. The molecule has 15 heavy (non-hydrogen) atoms. The van der Waals surface area contributed by atoms with Crippen LogP contribution in [0.3, 0.4) is 0 Å². The lowest BCUT2D eigenvalue weighted by atomic mass is 10.1. The summed E-state index contributed by atoms with van der Waals surface area (Å²) in [6, 6.07) is 7.05. The van der Waals surface area contributed by atoms with Gasteiger partial charge in [0.15, 0.2) is 5.78 Å². The Labute approximate surface area is 88.3 Å². The Hall–Kier alpha value is -2.03. The van der Waals surface area contributed by atoms with Gasteiger partial charge in [-0.15, -0.1) is 0 Å². The lowest BCUT2D eigenvalue weighted by Crippen LogP contribution is -2.27. The number of carbonyl (C=O) groups excluding carboxylic acids is 1. The second-order valence-electron chi connectivity index (χ2n) is 3.39. The average molecular weight is 200 g/mol. The highest BCUT2D eigenvalue weighted by atomic mass is 16.1. The van der Waals surface area contributed by atoms with Crippen LogP contribution < -0.4 is 11.1 Å². The number of allylic oxidation sites excluding steroid dienone is 2. The third-order valence-electron chi connectivity index (χ3n) is 2.21. The summed E-state index contributed by atoms with van der Waals surface area (Å²) in [5.41, 5.74) is 7.17. The molecular weight excluding hydrogens is 188 g/mol. The van der Waals surface area contributed by atoms with Crippen molar-refractivity contribution in [1.29, 1.82) is 0 Å². The summed E-state index contributed by atoms with van der Waals surface area (Å²) in [6.45, 7) is 0. The molecule has 1 aliphatic carbocycles. The highest BCUT2D eigenvalue weighted by Gasteiger charge is 2.13. The zero-order chi connectivity index (χ0) is 10.7. The number of nitrogens with two attached hydrogens (primary N) is 1. The number of ketones is 1. The van der Waals surface area contributed by atoms with Gasteiger partial charge in [0.2, 0.25) is 0 Å². The fourth-order valence-corrected chi connectivity index (χ4v) is 1.40. The Morgan fingerprint density at radius 1 is 1.13 bits per heavy atom. The van der Waals surface area contributed by atoms with E-state index in [0.717, 1.165) is 5.69 Å². The molecule has 3 N–H and O–H groups in total. The zero-order valence-electron chi connectivity index (χ0n) is 8.18. The Bertz CT molecular complexity index is 418. The number of nitrogens with one attached hydrogen (secondary N) is 1. The van der Waals surface area contributed by atoms with Gasteiger partial charge >= 0.3 is 0 Å². The molecule has 1 aliphatic rings. The molecule has 0 saturated carbocycles. The molecule has 1 atom stereocenters. The predicted molar refractivity (Wildman–Crippen MR) is 61.6 cm³/mol. The van der Waals surface area contributed by atoms with Crippen LogP contribution in [0.2, 0.25) is 0 Å². The summed E-state index contributed by atoms with van der Waals surface area (Å²) >= 11 is 0. The van der Waals surface area contributed by atoms with Crippen LogP contribution in [0.4, 0.5) is 11.4 Å². The summed E-state index contributed by atoms with van der Waals surface area (Å²) in [4.78, 5) is 11.4. The molecule has 76 valence electrons. The van der Waals surface area contributed by atoms with E-state index in [-0.39, 0.29) is 11.8 Å². The molecule has 2 rings (SSSR count). The minimum atomic E-state index is -0.265. The number of carbonyl (C=O) groups is 1. The van der Waals surface area contributed by atoms with Gasteiger partial charge in [-0.1, -0.05) is 18.2 Å². The minimum Gasteiger partial charge on any atom is -0.399 e. The zero-order valence-corrected chi connectivity index (χ0v) is 8.18. The van der Waals surface area contributed by atoms with Crippen molar-refractivity contribution in [3.63, 3.8) is 0 Å². The first-order valence-electron chi connectivity index (χ1n) is 4.76. The largest absolute Gasteiger partial charge is 0.399 e. The van der Waals surface area contributed by atoms with Crippen LogP contribution in [0.1, 0.15) is 0 Å². The van der Waals surface area contributed by atoms with Crippen molar-refractivity contribution in [3.05, 3.63) is 48.6 Å². The monoisotopic (exact) mass is 200 g/mol. The minimum absolute atomic E-state index is 0.0642. The van der Waals surface area contributed by atoms with E-state index in [4.69, 9.17) is 5.73 Å². The first-order valence-corrected chi connectivity index (χ1v) is 4.76. The van der Waals surface area contributed by atoms with Crippen molar-refractivity contribution in [1.82, 2.24) is 0 Å². The van der Waals surface area contributed by atoms with E-state index < -0.39 is 0 Å². The van der Waals surface area contributed by atoms with Gasteiger partial charge in [0.1, 0.15) is 6.04 Å². The molecule has 3 heteroatoms. The van der Waals surface area contributed by atoms with Crippen LogP contribution in [-0.4, -0.2) is 11.8 Å². The number of rotatable bonds is 2. The standard InChI is InChI=1S/C12H12N2O/c13-9-5-7-10(8-6-9)14-11-3-1-2-4-12(11)15/h1-8,11,14H,13H2. The third kappa shape index (κ3) is 2.26. The molecule has 0 fully saturated rings. The van der Waals surface area contributed by atoms with Crippen LogP contribution in [-0.2, 0) is 4.79 Å². The van der Waals surface area contributed by atoms with Crippen LogP contribution in [0, 0.1) is 0 Å². The van der Waals surface area contributed by atoms with Crippen molar-refractivity contribution in [2.45, 2.75) is 6.04 Å². The summed E-state index contributed by atoms with van der Waals surface area (Å²) in [6.07, 6.45) is 6.99. The van der Waals surface area contributed by atoms with E-state index >= 15 is 0 Å². The highest BCUT2D eigenvalue weighted by molar-refractivity contribution is 5.99. The maximum atomic E-state index is 11.4. The fourth-order valence-electron chi connectivity index (χ4n) is 1.40. The Kier molecular flexibility index (Phi) is 2.54. The van der Waals surface area contributed by atoms with Crippen LogP contribution >= 0.6 is 0 Å². The molecular formula is C12H12N2O. The van der Waals surface area contributed by atoms with Gasteiger partial charge in [-0.3, -0.25) is 4.79 Å². The molecule has 0 heterocycles. The Morgan fingerprint density at radius 2 is 1.87 bits per heavy atom. The number of hydrogen-bond donors (Lipinski definition) is 2. The molecule has 0 spiro atoms. The van der Waals surface area contributed by atoms with Gasteiger partial charge in [0.25, 0.3) is 0 Å². The smallest absolute Gasteiger partial charge is 0.181 e. The summed E-state index contributed by atoms with van der Waals surface area (Å²) in [5, 5.41) is 3.11. The van der Waals surface area contributed by atoms with Crippen molar-refractivity contribution in [3.8, 4) is 0 Å². The van der Waals surface area contributed by atoms with Crippen molar-refractivity contribution < 1.29 is 4.79 Å². The predicted octanol–water partition coefficient (Wildman–Crippen LogP) is 1.74. The second-order valence-corrected chi connectivity index (χ2v) is 3.39. The summed E-state index contributed by atoms with van der Waals surface area (Å²) in [7, 11) is 0. The fraction of sp³-hybridized carbons (Fsp3) is 0.0833. The SMILES string of the molecule is Nc1ccc(NC2C=CC=CC2=O)cc1. The van der Waals surface area contributed by atoms with Crippen molar-refractivity contribution in [2.75, 3.05) is 11.1 Å². The second kappa shape index (κ2) is 4.00. The van der Waals surface area contributed by atoms with E-state index in [9.17, 15) is 4.79 Å². The number of nitrogen functional groups attached to an aromatic ring is 1. The number of benzene rings is 1. The van der Waals surface area contributed by atoms with E-state index in [2.05, 4.69) is 5.32 Å². The third-order valence-corrected chi connectivity index (χ3v) is 2.21. The Balaban J connectivity index is 2.09. The molecule has 0 aromatic heterocycles. The summed E-state index contributed by atoms with van der Waals surface area (Å²) in [5.74, 6) is 0.0642. The molecule has 1 unspecified atom stereocenters. The van der Waals surface area contributed by atoms with E-state index in [0.29, 0.717) is 5.69 Å². The van der Waals surface area contributed by atoms with E-state index in [1.807, 2.05) is 24.3 Å². The molecule has 0 saturated heterocycles. The van der Waals surface area contributed by atoms with Gasteiger partial charge in [0.05, 0.1) is 0 Å². The first kappa shape index (κ1) is 9.52. The maximum absolute atomic E-state index is 11.4. The molecule has 0 amide bonds. The van der Waals surface area contributed by atoms with Crippen molar-refractivity contribution in [2.24, 2.45) is 0 Å². The number of hydrogen-bond acceptors (Lipinski definition) is 3. The van der Waals surface area contributed by atoms with E-state index in [1.54, 1.807) is 24.3 Å². The van der Waals surface area contributed by atoms with E-state index in [1.165, 1.54) is 0 Å². The van der Waals surface area contributed by atoms with Crippen LogP contribution in [0.5, 0.6) is 0 Å². The quantitative estimate of drug-likeness (QED) is 0.715.